The molecule has 0 unspecified atom stereocenters. The molecule has 0 radical (unpaired) electrons. The van der Waals surface area contributed by atoms with Crippen molar-refractivity contribution in [3.05, 3.63) is 41.5 Å². The quantitative estimate of drug-likeness (QED) is 0.678. The molecular formula is C11H8FN5O. The second kappa shape index (κ2) is 5.87. The van der Waals surface area contributed by atoms with E-state index in [-0.39, 0.29) is 5.69 Å². The minimum atomic E-state index is -0.866. The van der Waals surface area contributed by atoms with Crippen LogP contribution in [0.1, 0.15) is 0 Å². The van der Waals surface area contributed by atoms with Gasteiger partial charge in [0.1, 0.15) is 23.7 Å². The van der Waals surface area contributed by atoms with E-state index >= 15 is 0 Å². The number of nitrogens with two attached hydrogens (primary N) is 1. The van der Waals surface area contributed by atoms with Crippen LogP contribution >= 0.6 is 0 Å². The normalized spacial score (nSPS) is 10.6. The number of hydrogen-bond donors (Lipinski definition) is 3. The van der Waals surface area contributed by atoms with Crippen LogP contribution in [0.15, 0.2) is 35.7 Å². The number of nitrogens with one attached hydrogen (secondary N) is 2. The average molecular weight is 245 g/mol. The van der Waals surface area contributed by atoms with E-state index in [1.54, 1.807) is 6.07 Å². The Morgan fingerprint density at radius 1 is 1.28 bits per heavy atom. The minimum absolute atomic E-state index is 0.0529. The molecule has 0 aromatic heterocycles. The zero-order valence-electron chi connectivity index (χ0n) is 9.07. The van der Waals surface area contributed by atoms with Gasteiger partial charge in [-0.1, -0.05) is 12.1 Å². The highest BCUT2D eigenvalue weighted by molar-refractivity contribution is 5.91. The molecule has 1 rings (SSSR count). The van der Waals surface area contributed by atoms with Crippen molar-refractivity contribution in [2.24, 2.45) is 5.73 Å². The molecule has 0 bridgehead atoms. The monoisotopic (exact) mass is 245 g/mol. The van der Waals surface area contributed by atoms with Gasteiger partial charge in [0, 0.05) is 0 Å². The molecule has 90 valence electrons. The number of allylic oxidation sites excluding steroid dienone is 2. The number of rotatable bonds is 2. The molecule has 4 N–H and O–H groups in total. The van der Waals surface area contributed by atoms with Gasteiger partial charge in [-0.15, -0.1) is 0 Å². The Morgan fingerprint density at radius 2 is 1.94 bits per heavy atom. The molecule has 2 amide bonds. The standard InChI is InChI=1S/C11H8FN5O/c12-7-3-1-2-4-9(7)16-11(18)17-10(6-14)8(15)5-13/h1-4H,15H2,(H2,16,17,18)/b10-8-. The molecule has 0 aliphatic carbocycles. The van der Waals surface area contributed by atoms with Gasteiger partial charge in [-0.25, -0.2) is 9.18 Å². The number of carbonyl (C=O) groups excluding carboxylic acids is 1. The summed E-state index contributed by atoms with van der Waals surface area (Å²) >= 11 is 0. The van der Waals surface area contributed by atoms with Crippen LogP contribution in [0.25, 0.3) is 0 Å². The van der Waals surface area contributed by atoms with E-state index in [1.165, 1.54) is 30.3 Å². The van der Waals surface area contributed by atoms with Crippen LogP contribution in [0.4, 0.5) is 14.9 Å². The molecule has 7 heteroatoms. The maximum Gasteiger partial charge on any atom is 0.324 e. The molecule has 1 aromatic rings. The molecule has 0 aliphatic rings. The number of urea groups is 1. The summed E-state index contributed by atoms with van der Waals surface area (Å²) in [7, 11) is 0. The van der Waals surface area contributed by atoms with Gasteiger partial charge in [0.05, 0.1) is 5.69 Å². The number of benzene rings is 1. The number of halogens is 1. The molecular weight excluding hydrogens is 237 g/mol. The van der Waals surface area contributed by atoms with Crippen LogP contribution < -0.4 is 16.4 Å². The van der Waals surface area contributed by atoms with E-state index in [2.05, 4.69) is 5.32 Å². The number of hydrogen-bond acceptors (Lipinski definition) is 4. The molecule has 0 aliphatic heterocycles. The molecule has 0 heterocycles. The van der Waals surface area contributed by atoms with Gasteiger partial charge < -0.3 is 11.1 Å². The summed E-state index contributed by atoms with van der Waals surface area (Å²) in [5.74, 6) is -0.622. The van der Waals surface area contributed by atoms with Crippen molar-refractivity contribution in [3.8, 4) is 12.1 Å². The van der Waals surface area contributed by atoms with Gasteiger partial charge in [-0.2, -0.15) is 10.5 Å². The molecule has 6 nitrogen and oxygen atoms in total. The lowest BCUT2D eigenvalue weighted by molar-refractivity contribution is 0.254. The topological polar surface area (TPSA) is 115 Å². The van der Waals surface area contributed by atoms with Crippen molar-refractivity contribution < 1.29 is 9.18 Å². The van der Waals surface area contributed by atoms with Crippen LogP contribution in [0.5, 0.6) is 0 Å². The Labute approximate surface area is 102 Å². The second-order valence-electron chi connectivity index (χ2n) is 3.07. The first-order valence-corrected chi connectivity index (χ1v) is 4.71. The van der Waals surface area contributed by atoms with Gasteiger partial charge in [-0.3, -0.25) is 5.32 Å². The van der Waals surface area contributed by atoms with Crippen LogP contribution in [0.3, 0.4) is 0 Å². The summed E-state index contributed by atoms with van der Waals surface area (Å²) in [6.45, 7) is 0. The fourth-order valence-corrected chi connectivity index (χ4v) is 1.04. The van der Waals surface area contributed by atoms with Crippen molar-refractivity contribution in [1.29, 1.82) is 10.5 Å². The molecule has 0 saturated heterocycles. The van der Waals surface area contributed by atoms with Crippen molar-refractivity contribution in [2.75, 3.05) is 5.32 Å². The minimum Gasteiger partial charge on any atom is -0.388 e. The number of para-hydroxylation sites is 1. The lowest BCUT2D eigenvalue weighted by Crippen LogP contribution is -2.29. The maximum absolute atomic E-state index is 13.2. The van der Waals surface area contributed by atoms with E-state index in [4.69, 9.17) is 16.3 Å². The van der Waals surface area contributed by atoms with E-state index in [0.717, 1.165) is 0 Å². The van der Waals surface area contributed by atoms with Crippen molar-refractivity contribution in [3.63, 3.8) is 0 Å². The molecule has 0 atom stereocenters. The number of carbonyl (C=O) groups is 1. The Hall–Kier alpha value is -3.06. The fraction of sp³-hybridized carbons (Fsp3) is 0. The second-order valence-corrected chi connectivity index (χ2v) is 3.07. The summed E-state index contributed by atoms with van der Waals surface area (Å²) < 4.78 is 13.2. The third kappa shape index (κ3) is 3.22. The first kappa shape index (κ1) is 13.0. The zero-order chi connectivity index (χ0) is 13.5. The van der Waals surface area contributed by atoms with E-state index in [1.807, 2.05) is 5.32 Å². The van der Waals surface area contributed by atoms with Gasteiger partial charge in [-0.05, 0) is 12.1 Å². The van der Waals surface area contributed by atoms with Crippen molar-refractivity contribution in [2.45, 2.75) is 0 Å². The number of nitrogens with zero attached hydrogens (tertiary/aromatic N) is 2. The first-order valence-electron chi connectivity index (χ1n) is 4.71. The lowest BCUT2D eigenvalue weighted by atomic mass is 10.3. The third-order valence-electron chi connectivity index (χ3n) is 1.86. The van der Waals surface area contributed by atoms with Crippen LogP contribution in [0.2, 0.25) is 0 Å². The van der Waals surface area contributed by atoms with E-state index in [0.29, 0.717) is 0 Å². The predicted molar refractivity (Wildman–Crippen MR) is 61.0 cm³/mol. The third-order valence-corrected chi connectivity index (χ3v) is 1.86. The fourth-order valence-electron chi connectivity index (χ4n) is 1.04. The smallest absolute Gasteiger partial charge is 0.324 e. The van der Waals surface area contributed by atoms with Gasteiger partial charge >= 0.3 is 6.03 Å². The Morgan fingerprint density at radius 3 is 2.50 bits per heavy atom. The highest BCUT2D eigenvalue weighted by Gasteiger charge is 2.09. The summed E-state index contributed by atoms with van der Waals surface area (Å²) in [5, 5.41) is 21.3. The van der Waals surface area contributed by atoms with Gasteiger partial charge in [0.15, 0.2) is 5.70 Å². The Bertz CT molecular complexity index is 582. The van der Waals surface area contributed by atoms with Gasteiger partial charge in [0.25, 0.3) is 0 Å². The first-order chi connectivity index (χ1) is 8.58. The average Bonchev–Trinajstić information content (AvgIpc) is 2.37. The molecule has 18 heavy (non-hydrogen) atoms. The van der Waals surface area contributed by atoms with Crippen LogP contribution in [0, 0.1) is 28.5 Å². The summed E-state index contributed by atoms with van der Waals surface area (Å²) in [4.78, 5) is 11.4. The van der Waals surface area contributed by atoms with E-state index < -0.39 is 23.2 Å². The largest absolute Gasteiger partial charge is 0.388 e. The number of anilines is 1. The molecule has 0 fully saturated rings. The molecule has 0 spiro atoms. The Balaban J connectivity index is 2.78. The lowest BCUT2D eigenvalue weighted by Gasteiger charge is -2.07. The van der Waals surface area contributed by atoms with Crippen molar-refractivity contribution >= 4 is 11.7 Å². The Kier molecular flexibility index (Phi) is 4.24. The zero-order valence-corrected chi connectivity index (χ0v) is 9.07. The highest BCUT2D eigenvalue weighted by atomic mass is 19.1. The summed E-state index contributed by atoms with van der Waals surface area (Å²) in [5.41, 5.74) is 4.30. The molecule has 1 aromatic carbocycles. The van der Waals surface area contributed by atoms with Crippen LogP contribution in [-0.2, 0) is 0 Å². The molecule has 0 saturated carbocycles. The number of nitriles is 2. The van der Waals surface area contributed by atoms with Crippen molar-refractivity contribution in [1.82, 2.24) is 5.32 Å². The maximum atomic E-state index is 13.2. The highest BCUT2D eigenvalue weighted by Crippen LogP contribution is 2.12. The number of amides is 2. The van der Waals surface area contributed by atoms with E-state index in [9.17, 15) is 9.18 Å². The summed E-state index contributed by atoms with van der Waals surface area (Å²) in [6, 6.07) is 7.71. The SMILES string of the molecule is N#C/C(N)=C(\C#N)NC(=O)Nc1ccccc1F. The van der Waals surface area contributed by atoms with Gasteiger partial charge in [0.2, 0.25) is 0 Å². The van der Waals surface area contributed by atoms with Crippen LogP contribution in [-0.4, -0.2) is 6.03 Å². The summed E-state index contributed by atoms with van der Waals surface area (Å²) in [6.07, 6.45) is 0. The predicted octanol–water partition coefficient (Wildman–Crippen LogP) is 1.16.